The van der Waals surface area contributed by atoms with Crippen LogP contribution in [0.15, 0.2) is 78.9 Å². The molecule has 0 heterocycles. The average Bonchev–Trinajstić information content (AvgIpc) is 2.75. The first kappa shape index (κ1) is 21.2. The molecule has 4 nitrogen and oxygen atoms in total. The van der Waals surface area contributed by atoms with Crippen molar-refractivity contribution in [3.8, 4) is 0 Å². The van der Waals surface area contributed by atoms with Gasteiger partial charge in [-0.1, -0.05) is 59.1 Å². The highest BCUT2D eigenvalue weighted by atomic mass is 35.5. The normalized spacial score (nSPS) is 10.7. The summed E-state index contributed by atoms with van der Waals surface area (Å²) in [5.41, 5.74) is 1.99. The van der Waals surface area contributed by atoms with Crippen LogP contribution in [0, 0.1) is 0 Å². The van der Waals surface area contributed by atoms with Gasteiger partial charge in [0.2, 0.25) is 0 Å². The maximum Gasteiger partial charge on any atom is 0.257 e. The molecule has 0 saturated heterocycles. The molecule has 0 aliphatic carbocycles. The lowest BCUT2D eigenvalue weighted by Gasteiger charge is -2.10. The minimum Gasteiger partial charge on any atom is -0.322 e. The van der Waals surface area contributed by atoms with Crippen molar-refractivity contribution in [2.45, 2.75) is 0 Å². The topological polar surface area (TPSA) is 58.2 Å². The van der Waals surface area contributed by atoms with Gasteiger partial charge in [-0.2, -0.15) is 0 Å². The zero-order valence-electron chi connectivity index (χ0n) is 16.0. The summed E-state index contributed by atoms with van der Waals surface area (Å²) >= 11 is 18.2. The molecule has 0 aliphatic heterocycles. The van der Waals surface area contributed by atoms with Gasteiger partial charge in [-0.25, -0.2) is 0 Å². The molecular weight excluding hydrogens is 455 g/mol. The summed E-state index contributed by atoms with van der Waals surface area (Å²) < 4.78 is 0. The van der Waals surface area contributed by atoms with Crippen LogP contribution in [0.3, 0.4) is 0 Å². The second-order valence-corrected chi connectivity index (χ2v) is 8.00. The molecule has 154 valence electrons. The van der Waals surface area contributed by atoms with Crippen LogP contribution < -0.4 is 10.6 Å². The number of anilines is 2. The van der Waals surface area contributed by atoms with Gasteiger partial charge in [0, 0.05) is 32.4 Å². The van der Waals surface area contributed by atoms with Gasteiger partial charge >= 0.3 is 0 Å². The zero-order chi connectivity index (χ0) is 22.0. The first-order chi connectivity index (χ1) is 14.9. The third-order valence-electron chi connectivity index (χ3n) is 4.69. The Hall–Kier alpha value is -3.05. The van der Waals surface area contributed by atoms with Crippen LogP contribution in [0.4, 0.5) is 11.4 Å². The van der Waals surface area contributed by atoms with Gasteiger partial charge in [0.05, 0.1) is 10.6 Å². The van der Waals surface area contributed by atoms with Gasteiger partial charge in [0.25, 0.3) is 11.8 Å². The lowest BCUT2D eigenvalue weighted by atomic mass is 10.0. The Labute approximate surface area is 193 Å². The van der Waals surface area contributed by atoms with Crippen LogP contribution in [0.1, 0.15) is 20.7 Å². The summed E-state index contributed by atoms with van der Waals surface area (Å²) in [4.78, 5) is 25.2. The number of rotatable bonds is 4. The molecule has 2 N–H and O–H groups in total. The van der Waals surface area contributed by atoms with Gasteiger partial charge in [-0.05, 0) is 60.0 Å². The average molecular weight is 470 g/mol. The third-order valence-corrected chi connectivity index (χ3v) is 5.57. The highest BCUT2D eigenvalue weighted by Crippen LogP contribution is 2.27. The molecule has 2 amide bonds. The number of hydrogen-bond acceptors (Lipinski definition) is 2. The lowest BCUT2D eigenvalue weighted by molar-refractivity contribution is 0.101. The largest absolute Gasteiger partial charge is 0.322 e. The fourth-order valence-electron chi connectivity index (χ4n) is 3.18. The molecule has 0 aliphatic rings. The van der Waals surface area contributed by atoms with E-state index in [1.165, 1.54) is 6.07 Å². The molecule has 4 rings (SSSR count). The SMILES string of the molecule is O=C(Nc1ccc(NC(=O)c2cccc3c(Cl)cccc23)cc1)c1ccc(Cl)cc1Cl. The quantitative estimate of drug-likeness (QED) is 0.329. The highest BCUT2D eigenvalue weighted by molar-refractivity contribution is 6.37. The second-order valence-electron chi connectivity index (χ2n) is 6.75. The van der Waals surface area contributed by atoms with Crippen LogP contribution in [-0.4, -0.2) is 11.8 Å². The number of nitrogens with one attached hydrogen (secondary N) is 2. The van der Waals surface area contributed by atoms with Crippen LogP contribution >= 0.6 is 34.8 Å². The van der Waals surface area contributed by atoms with E-state index in [9.17, 15) is 9.59 Å². The summed E-state index contributed by atoms with van der Waals surface area (Å²) in [5, 5.41) is 8.54. The Bertz CT molecular complexity index is 1300. The molecule has 0 radical (unpaired) electrons. The minimum absolute atomic E-state index is 0.252. The fourth-order valence-corrected chi connectivity index (χ4v) is 3.91. The number of carbonyl (C=O) groups excluding carboxylic acids is 2. The molecule has 31 heavy (non-hydrogen) atoms. The van der Waals surface area contributed by atoms with Gasteiger partial charge in [-0.3, -0.25) is 9.59 Å². The van der Waals surface area contributed by atoms with E-state index < -0.39 is 0 Å². The highest BCUT2D eigenvalue weighted by Gasteiger charge is 2.13. The lowest BCUT2D eigenvalue weighted by Crippen LogP contribution is -2.14. The molecule has 0 aromatic heterocycles. The van der Waals surface area contributed by atoms with E-state index in [1.807, 2.05) is 18.2 Å². The first-order valence-electron chi connectivity index (χ1n) is 9.27. The Morgan fingerprint density at radius 3 is 1.81 bits per heavy atom. The second kappa shape index (κ2) is 8.98. The van der Waals surface area contributed by atoms with Crippen molar-refractivity contribution < 1.29 is 9.59 Å². The van der Waals surface area contributed by atoms with Gasteiger partial charge < -0.3 is 10.6 Å². The van der Waals surface area contributed by atoms with Crippen molar-refractivity contribution >= 4 is 68.8 Å². The summed E-state index contributed by atoms with van der Waals surface area (Å²) in [5.74, 6) is -0.608. The summed E-state index contributed by atoms with van der Waals surface area (Å²) in [6.07, 6.45) is 0. The molecule has 0 saturated carbocycles. The van der Waals surface area contributed by atoms with Crippen molar-refractivity contribution in [1.82, 2.24) is 0 Å². The first-order valence-corrected chi connectivity index (χ1v) is 10.4. The van der Waals surface area contributed by atoms with Crippen molar-refractivity contribution in [2.75, 3.05) is 10.6 Å². The van der Waals surface area contributed by atoms with Crippen LogP contribution in [0.5, 0.6) is 0 Å². The standard InChI is InChI=1S/C24H15Cl3N2O2/c25-14-7-12-20(22(27)13-14)24(31)29-16-10-8-15(9-11-16)28-23(30)19-5-1-4-18-17(19)3-2-6-21(18)26/h1-13H,(H,28,30)(H,29,31). The number of amides is 2. The van der Waals surface area contributed by atoms with E-state index in [2.05, 4.69) is 10.6 Å². The Kier molecular flexibility index (Phi) is 6.14. The van der Waals surface area contributed by atoms with E-state index >= 15 is 0 Å². The molecule has 0 spiro atoms. The maximum atomic E-state index is 12.8. The van der Waals surface area contributed by atoms with Crippen molar-refractivity contribution in [3.05, 3.63) is 105 Å². The number of carbonyl (C=O) groups is 2. The molecular formula is C24H15Cl3N2O2. The van der Waals surface area contributed by atoms with Crippen LogP contribution in [0.25, 0.3) is 10.8 Å². The van der Waals surface area contributed by atoms with Crippen molar-refractivity contribution in [2.24, 2.45) is 0 Å². The fraction of sp³-hybridized carbons (Fsp3) is 0. The summed E-state index contributed by atoms with van der Waals surface area (Å²) in [7, 11) is 0. The van der Waals surface area contributed by atoms with Gasteiger partial charge in [0.1, 0.15) is 0 Å². The number of fused-ring (bicyclic) bond motifs is 1. The van der Waals surface area contributed by atoms with Gasteiger partial charge in [-0.15, -0.1) is 0 Å². The molecule has 4 aromatic carbocycles. The molecule has 7 heteroatoms. The van der Waals surface area contributed by atoms with E-state index in [0.717, 1.165) is 10.8 Å². The predicted octanol–water partition coefficient (Wildman–Crippen LogP) is 7.30. The molecule has 4 aromatic rings. The molecule has 0 bridgehead atoms. The van der Waals surface area contributed by atoms with Crippen molar-refractivity contribution in [1.29, 1.82) is 0 Å². The van der Waals surface area contributed by atoms with Crippen LogP contribution in [0.2, 0.25) is 15.1 Å². The molecule has 0 atom stereocenters. The molecule has 0 unspecified atom stereocenters. The predicted molar refractivity (Wildman–Crippen MR) is 128 cm³/mol. The van der Waals surface area contributed by atoms with E-state index in [-0.39, 0.29) is 16.8 Å². The number of benzene rings is 4. The number of hydrogen-bond donors (Lipinski definition) is 2. The van der Waals surface area contributed by atoms with Crippen LogP contribution in [-0.2, 0) is 0 Å². The number of halogens is 3. The smallest absolute Gasteiger partial charge is 0.257 e. The third kappa shape index (κ3) is 4.67. The minimum atomic E-state index is -0.355. The van der Waals surface area contributed by atoms with E-state index in [4.69, 9.17) is 34.8 Å². The van der Waals surface area contributed by atoms with E-state index in [0.29, 0.717) is 32.5 Å². The molecule has 0 fully saturated rings. The Balaban J connectivity index is 1.48. The zero-order valence-corrected chi connectivity index (χ0v) is 18.2. The van der Waals surface area contributed by atoms with E-state index in [1.54, 1.807) is 54.6 Å². The van der Waals surface area contributed by atoms with Gasteiger partial charge in [0.15, 0.2) is 0 Å². The summed E-state index contributed by atoms with van der Waals surface area (Å²) in [6, 6.07) is 22.3. The monoisotopic (exact) mass is 468 g/mol. The Morgan fingerprint density at radius 2 is 1.16 bits per heavy atom. The maximum absolute atomic E-state index is 12.8. The Morgan fingerprint density at radius 1 is 0.581 bits per heavy atom. The summed E-state index contributed by atoms with van der Waals surface area (Å²) in [6.45, 7) is 0. The van der Waals surface area contributed by atoms with Crippen molar-refractivity contribution in [3.63, 3.8) is 0 Å².